The van der Waals surface area contributed by atoms with Gasteiger partial charge in [0.1, 0.15) is 5.75 Å². The first kappa shape index (κ1) is 11.5. The van der Waals surface area contributed by atoms with Gasteiger partial charge in [0.25, 0.3) is 0 Å². The maximum atomic E-state index is 5.80. The Kier molecular flexibility index (Phi) is 3.96. The molecule has 2 nitrogen and oxygen atoms in total. The number of ether oxygens (including phenoxy) is 1. The molecule has 0 saturated carbocycles. The van der Waals surface area contributed by atoms with Gasteiger partial charge in [-0.1, -0.05) is 35.8 Å². The Morgan fingerprint density at radius 2 is 2.00 bits per heavy atom. The van der Waals surface area contributed by atoms with Crippen LogP contribution in [0, 0.1) is 0 Å². The van der Waals surface area contributed by atoms with Crippen molar-refractivity contribution in [2.24, 2.45) is 5.73 Å². The largest absolute Gasteiger partial charge is 0.496 e. The topological polar surface area (TPSA) is 35.2 Å². The smallest absolute Gasteiger partial charge is 0.124 e. The highest BCUT2D eigenvalue weighted by Crippen LogP contribution is 2.30. The lowest BCUT2D eigenvalue weighted by Crippen LogP contribution is -2.05. The van der Waals surface area contributed by atoms with Crippen LogP contribution in [0.25, 0.3) is 0 Å². The molecule has 0 spiro atoms. The van der Waals surface area contributed by atoms with E-state index in [0.717, 1.165) is 11.3 Å². The first-order valence-electron chi connectivity index (χ1n) is 4.63. The van der Waals surface area contributed by atoms with Gasteiger partial charge in [-0.25, -0.2) is 0 Å². The number of benzene rings is 1. The van der Waals surface area contributed by atoms with Crippen LogP contribution < -0.4 is 10.5 Å². The van der Waals surface area contributed by atoms with Crippen LogP contribution in [-0.2, 0) is 0 Å². The molecular formula is C11H16BrNO. The number of nitrogens with two attached hydrogens (primary N) is 1. The SMILES string of the molecule is COc1ccc(C(C)C)cc1C(N)Br. The minimum Gasteiger partial charge on any atom is -0.496 e. The number of alkyl halides is 1. The van der Waals surface area contributed by atoms with Gasteiger partial charge >= 0.3 is 0 Å². The molecule has 1 atom stereocenters. The van der Waals surface area contributed by atoms with E-state index < -0.39 is 0 Å². The Morgan fingerprint density at radius 1 is 1.36 bits per heavy atom. The summed E-state index contributed by atoms with van der Waals surface area (Å²) >= 11 is 3.36. The van der Waals surface area contributed by atoms with Crippen LogP contribution in [0.15, 0.2) is 18.2 Å². The fourth-order valence-electron chi connectivity index (χ4n) is 1.33. The average molecular weight is 258 g/mol. The van der Waals surface area contributed by atoms with Crippen LogP contribution in [0.1, 0.15) is 35.8 Å². The second kappa shape index (κ2) is 4.80. The molecule has 0 radical (unpaired) electrons. The molecule has 0 aliphatic heterocycles. The molecule has 78 valence electrons. The van der Waals surface area contributed by atoms with E-state index in [1.807, 2.05) is 6.07 Å². The minimum absolute atomic E-state index is 0.170. The van der Waals surface area contributed by atoms with Crippen LogP contribution >= 0.6 is 15.9 Å². The van der Waals surface area contributed by atoms with Gasteiger partial charge in [-0.05, 0) is 23.6 Å². The molecular weight excluding hydrogens is 242 g/mol. The molecule has 3 heteroatoms. The third-order valence-electron chi connectivity index (χ3n) is 2.22. The highest BCUT2D eigenvalue weighted by Gasteiger charge is 2.10. The van der Waals surface area contributed by atoms with E-state index in [-0.39, 0.29) is 4.95 Å². The van der Waals surface area contributed by atoms with Crippen LogP contribution in [0.3, 0.4) is 0 Å². The summed E-state index contributed by atoms with van der Waals surface area (Å²) in [6, 6.07) is 6.12. The second-order valence-corrected chi connectivity index (χ2v) is 4.54. The van der Waals surface area contributed by atoms with Gasteiger partial charge in [0.05, 0.1) is 12.1 Å². The van der Waals surface area contributed by atoms with Gasteiger partial charge in [-0.2, -0.15) is 0 Å². The lowest BCUT2D eigenvalue weighted by molar-refractivity contribution is 0.409. The summed E-state index contributed by atoms with van der Waals surface area (Å²) in [5.74, 6) is 1.34. The number of hydrogen-bond donors (Lipinski definition) is 1. The average Bonchev–Trinajstić information content (AvgIpc) is 2.16. The van der Waals surface area contributed by atoms with Gasteiger partial charge < -0.3 is 10.5 Å². The summed E-state index contributed by atoms with van der Waals surface area (Å²) in [6.45, 7) is 4.32. The minimum atomic E-state index is -0.170. The monoisotopic (exact) mass is 257 g/mol. The maximum absolute atomic E-state index is 5.80. The third kappa shape index (κ3) is 2.49. The first-order valence-corrected chi connectivity index (χ1v) is 5.55. The molecule has 0 fully saturated rings. The third-order valence-corrected chi connectivity index (χ3v) is 2.71. The van der Waals surface area contributed by atoms with Crippen molar-refractivity contribution in [3.63, 3.8) is 0 Å². The molecule has 1 rings (SSSR count). The molecule has 0 saturated heterocycles. The van der Waals surface area contributed by atoms with Crippen molar-refractivity contribution >= 4 is 15.9 Å². The summed E-state index contributed by atoms with van der Waals surface area (Å²) in [7, 11) is 1.66. The van der Waals surface area contributed by atoms with Crippen LogP contribution in [0.2, 0.25) is 0 Å². The molecule has 0 aliphatic carbocycles. The van der Waals surface area contributed by atoms with Gasteiger partial charge in [0, 0.05) is 5.56 Å². The van der Waals surface area contributed by atoms with Crippen molar-refractivity contribution in [1.29, 1.82) is 0 Å². The van der Waals surface area contributed by atoms with Gasteiger partial charge in [0.15, 0.2) is 0 Å². The number of rotatable bonds is 3. The van der Waals surface area contributed by atoms with E-state index in [0.29, 0.717) is 5.92 Å². The molecule has 0 aromatic heterocycles. The predicted molar refractivity (Wildman–Crippen MR) is 62.9 cm³/mol. The molecule has 1 unspecified atom stereocenters. The number of halogens is 1. The Bertz CT molecular complexity index is 310. The molecule has 14 heavy (non-hydrogen) atoms. The predicted octanol–water partition coefficient (Wildman–Crippen LogP) is 3.17. The van der Waals surface area contributed by atoms with E-state index in [1.165, 1.54) is 5.56 Å². The van der Waals surface area contributed by atoms with Gasteiger partial charge in [-0.3, -0.25) is 0 Å². The highest BCUT2D eigenvalue weighted by molar-refractivity contribution is 9.09. The van der Waals surface area contributed by atoms with E-state index >= 15 is 0 Å². The normalized spacial score (nSPS) is 13.0. The molecule has 1 aromatic carbocycles. The summed E-state index contributed by atoms with van der Waals surface area (Å²) in [5.41, 5.74) is 8.07. The Morgan fingerprint density at radius 3 is 2.43 bits per heavy atom. The highest BCUT2D eigenvalue weighted by atomic mass is 79.9. The molecule has 0 aliphatic rings. The summed E-state index contributed by atoms with van der Waals surface area (Å²) in [4.78, 5) is -0.170. The second-order valence-electron chi connectivity index (χ2n) is 3.56. The lowest BCUT2D eigenvalue weighted by atomic mass is 10.0. The van der Waals surface area contributed by atoms with E-state index in [4.69, 9.17) is 10.5 Å². The zero-order valence-corrected chi connectivity index (χ0v) is 10.3. The van der Waals surface area contributed by atoms with Crippen molar-refractivity contribution in [3.05, 3.63) is 29.3 Å². The van der Waals surface area contributed by atoms with Crippen molar-refractivity contribution in [3.8, 4) is 5.75 Å². The molecule has 1 aromatic rings. The van der Waals surface area contributed by atoms with Crippen molar-refractivity contribution in [2.75, 3.05) is 7.11 Å². The molecule has 0 bridgehead atoms. The molecule has 2 N–H and O–H groups in total. The van der Waals surface area contributed by atoms with E-state index in [9.17, 15) is 0 Å². The number of hydrogen-bond acceptors (Lipinski definition) is 2. The van der Waals surface area contributed by atoms with Gasteiger partial charge in [-0.15, -0.1) is 0 Å². The Hall–Kier alpha value is -0.540. The summed E-state index contributed by atoms with van der Waals surface area (Å²) < 4.78 is 5.23. The Labute approximate surface area is 93.6 Å². The van der Waals surface area contributed by atoms with Gasteiger partial charge in [0.2, 0.25) is 0 Å². The lowest BCUT2D eigenvalue weighted by Gasteiger charge is -2.14. The van der Waals surface area contributed by atoms with Crippen molar-refractivity contribution in [2.45, 2.75) is 24.7 Å². The standard InChI is InChI=1S/C11H16BrNO/c1-7(2)8-4-5-10(14-3)9(6-8)11(12)13/h4-7,11H,13H2,1-3H3. The quantitative estimate of drug-likeness (QED) is 0.667. The summed E-state index contributed by atoms with van der Waals surface area (Å²) in [5, 5.41) is 0. The van der Waals surface area contributed by atoms with Crippen LogP contribution in [0.4, 0.5) is 0 Å². The zero-order valence-electron chi connectivity index (χ0n) is 8.75. The fourth-order valence-corrected chi connectivity index (χ4v) is 1.69. The fraction of sp³-hybridized carbons (Fsp3) is 0.455. The van der Waals surface area contributed by atoms with Crippen molar-refractivity contribution < 1.29 is 4.74 Å². The molecule has 0 heterocycles. The maximum Gasteiger partial charge on any atom is 0.124 e. The zero-order chi connectivity index (χ0) is 10.7. The number of methoxy groups -OCH3 is 1. The Balaban J connectivity index is 3.14. The summed E-state index contributed by atoms with van der Waals surface area (Å²) in [6.07, 6.45) is 0. The molecule has 0 amide bonds. The first-order chi connectivity index (χ1) is 6.56. The van der Waals surface area contributed by atoms with E-state index in [2.05, 4.69) is 41.9 Å². The van der Waals surface area contributed by atoms with Crippen LogP contribution in [0.5, 0.6) is 5.75 Å². The van der Waals surface area contributed by atoms with Crippen molar-refractivity contribution in [1.82, 2.24) is 0 Å². The van der Waals surface area contributed by atoms with Crippen LogP contribution in [-0.4, -0.2) is 7.11 Å². The van der Waals surface area contributed by atoms with E-state index in [1.54, 1.807) is 7.11 Å².